The molecule has 2 aromatic heterocycles. The monoisotopic (exact) mass is 500 g/mol. The molecule has 2 heterocycles. The number of nitrogens with one attached hydrogen (secondary N) is 1. The largest absolute Gasteiger partial charge is 0.456 e. The van der Waals surface area contributed by atoms with Crippen molar-refractivity contribution in [2.45, 2.75) is 13.1 Å². The molecule has 0 saturated heterocycles. The number of carbonyl (C=O) groups excluding carboxylic acids is 1. The van der Waals surface area contributed by atoms with Crippen LogP contribution in [0.5, 0.6) is 0 Å². The number of nitrogens with zero attached hydrogens (tertiary/aromatic N) is 1. The van der Waals surface area contributed by atoms with Crippen LogP contribution in [0.4, 0.5) is 23.2 Å². The highest BCUT2D eigenvalue weighted by molar-refractivity contribution is 6.33. The van der Waals surface area contributed by atoms with E-state index in [4.69, 9.17) is 16.0 Å². The van der Waals surface area contributed by atoms with Crippen LogP contribution in [0.15, 0.2) is 82.7 Å². The maximum atomic E-state index is 14.1. The topological polar surface area (TPSA) is 54.6 Å². The van der Waals surface area contributed by atoms with E-state index in [-0.39, 0.29) is 33.0 Å². The molecular weight excluding hydrogens is 484 g/mol. The van der Waals surface area contributed by atoms with Gasteiger partial charge in [0.1, 0.15) is 22.7 Å². The van der Waals surface area contributed by atoms with Gasteiger partial charge in [-0.15, -0.1) is 0 Å². The van der Waals surface area contributed by atoms with E-state index in [1.165, 1.54) is 43.3 Å². The van der Waals surface area contributed by atoms with Gasteiger partial charge in [0.05, 0.1) is 21.8 Å². The van der Waals surface area contributed by atoms with Crippen molar-refractivity contribution in [2.24, 2.45) is 4.99 Å². The number of allylic oxidation sites excluding steroid dienone is 2. The van der Waals surface area contributed by atoms with Crippen LogP contribution in [-0.2, 0) is 0 Å². The number of carbonyl (C=O) groups is 1. The van der Waals surface area contributed by atoms with E-state index >= 15 is 0 Å². The zero-order chi connectivity index (χ0) is 25.3. The van der Waals surface area contributed by atoms with Crippen LogP contribution in [0, 0.1) is 5.82 Å². The fourth-order valence-electron chi connectivity index (χ4n) is 3.60. The van der Waals surface area contributed by atoms with Crippen molar-refractivity contribution >= 4 is 45.8 Å². The lowest BCUT2D eigenvalue weighted by Crippen LogP contribution is -2.21. The van der Waals surface area contributed by atoms with Gasteiger partial charge in [-0.25, -0.2) is 9.38 Å². The van der Waals surface area contributed by atoms with Gasteiger partial charge in [0.15, 0.2) is 0 Å². The Labute approximate surface area is 202 Å². The normalized spacial score (nSPS) is 12.6. The molecule has 0 saturated carbocycles. The molecule has 4 rings (SSSR count). The second kappa shape index (κ2) is 9.38. The third-order valence-electron chi connectivity index (χ3n) is 5.13. The molecule has 0 unspecified atom stereocenters. The molecule has 0 aliphatic carbocycles. The van der Waals surface area contributed by atoms with Crippen molar-refractivity contribution in [1.82, 2.24) is 0 Å². The number of amides is 1. The first-order valence-corrected chi connectivity index (χ1v) is 10.7. The Morgan fingerprint density at radius 3 is 2.37 bits per heavy atom. The van der Waals surface area contributed by atoms with E-state index < -0.39 is 23.6 Å². The van der Waals surface area contributed by atoms with E-state index in [0.717, 1.165) is 6.08 Å². The molecule has 0 aliphatic heterocycles. The Kier molecular flexibility index (Phi) is 6.49. The highest BCUT2D eigenvalue weighted by Crippen LogP contribution is 2.36. The maximum absolute atomic E-state index is 14.1. The number of furan rings is 2. The number of benzene rings is 3. The first-order chi connectivity index (χ1) is 16.6. The fraction of sp³-hybridized carbons (Fsp3) is 0.0769. The van der Waals surface area contributed by atoms with Gasteiger partial charge in [0.2, 0.25) is 0 Å². The molecule has 2 bridgehead atoms. The lowest BCUT2D eigenvalue weighted by molar-refractivity contribution is -0.0576. The van der Waals surface area contributed by atoms with Crippen molar-refractivity contribution in [3.05, 3.63) is 95.3 Å². The van der Waals surface area contributed by atoms with Crippen LogP contribution in [0.25, 0.3) is 28.0 Å². The van der Waals surface area contributed by atoms with Gasteiger partial charge in [0, 0.05) is 16.8 Å². The van der Waals surface area contributed by atoms with E-state index in [9.17, 15) is 22.4 Å². The Morgan fingerprint density at radius 1 is 1.06 bits per heavy atom. The van der Waals surface area contributed by atoms with Crippen molar-refractivity contribution in [3.63, 3.8) is 0 Å². The summed E-state index contributed by atoms with van der Waals surface area (Å²) in [5.41, 5.74) is -0.0181. The van der Waals surface area contributed by atoms with E-state index in [2.05, 4.69) is 16.9 Å². The summed E-state index contributed by atoms with van der Waals surface area (Å²) in [7, 11) is 0. The Bertz CT molecular complexity index is 1480. The van der Waals surface area contributed by atoms with Crippen molar-refractivity contribution < 1.29 is 26.8 Å². The number of hydrogen-bond acceptors (Lipinski definition) is 3. The number of hydrogen-bond donors (Lipinski definition) is 1. The van der Waals surface area contributed by atoms with Crippen molar-refractivity contribution in [3.8, 4) is 11.1 Å². The molecule has 2 aromatic carbocycles. The maximum Gasteiger partial charge on any atom is 0.433 e. The van der Waals surface area contributed by atoms with Gasteiger partial charge in [-0.1, -0.05) is 48.5 Å². The Balaban J connectivity index is 1.65. The molecule has 4 aromatic rings. The van der Waals surface area contributed by atoms with Gasteiger partial charge < -0.3 is 9.73 Å². The van der Waals surface area contributed by atoms with E-state index in [1.807, 2.05) is 0 Å². The van der Waals surface area contributed by atoms with Gasteiger partial charge in [-0.3, -0.25) is 4.79 Å². The minimum Gasteiger partial charge on any atom is -0.456 e. The molecule has 35 heavy (non-hydrogen) atoms. The number of rotatable bonds is 6. The van der Waals surface area contributed by atoms with E-state index in [1.54, 1.807) is 24.3 Å². The van der Waals surface area contributed by atoms with Crippen molar-refractivity contribution in [1.29, 1.82) is 0 Å². The Hall–Kier alpha value is -3.91. The predicted molar refractivity (Wildman–Crippen MR) is 130 cm³/mol. The first kappa shape index (κ1) is 24.2. The lowest BCUT2D eigenvalue weighted by atomic mass is 10.0. The van der Waals surface area contributed by atoms with Crippen LogP contribution in [0.1, 0.15) is 22.8 Å². The number of fused-ring (bicyclic) bond motifs is 2. The summed E-state index contributed by atoms with van der Waals surface area (Å²) in [6.45, 7) is 5.06. The summed E-state index contributed by atoms with van der Waals surface area (Å²) in [6.07, 6.45) is -2.69. The molecule has 1 amide bonds. The van der Waals surface area contributed by atoms with Gasteiger partial charge >= 0.3 is 6.18 Å². The third kappa shape index (κ3) is 4.83. The molecule has 0 spiro atoms. The van der Waals surface area contributed by atoms with Gasteiger partial charge in [-0.2, -0.15) is 13.2 Å². The predicted octanol–water partition coefficient (Wildman–Crippen LogP) is 8.13. The minimum atomic E-state index is -4.71. The summed E-state index contributed by atoms with van der Waals surface area (Å²) in [5, 5.41) is 2.85. The second-order valence-corrected chi connectivity index (χ2v) is 7.89. The van der Waals surface area contributed by atoms with Crippen LogP contribution >= 0.6 is 11.6 Å². The molecule has 9 heteroatoms. The smallest absolute Gasteiger partial charge is 0.433 e. The van der Waals surface area contributed by atoms with Crippen LogP contribution in [0.3, 0.4) is 0 Å². The summed E-state index contributed by atoms with van der Waals surface area (Å²) < 4.78 is 59.5. The fourth-order valence-corrected chi connectivity index (χ4v) is 3.89. The second-order valence-electron chi connectivity index (χ2n) is 7.48. The molecule has 178 valence electrons. The number of halogens is 5. The highest BCUT2D eigenvalue weighted by atomic mass is 35.5. The zero-order valence-corrected chi connectivity index (χ0v) is 19.0. The molecule has 0 aliphatic rings. The summed E-state index contributed by atoms with van der Waals surface area (Å²) in [4.78, 5) is 16.7. The molecule has 0 radical (unpaired) electrons. The van der Waals surface area contributed by atoms with Gasteiger partial charge in [0.25, 0.3) is 5.91 Å². The zero-order valence-electron chi connectivity index (χ0n) is 18.2. The lowest BCUT2D eigenvalue weighted by Gasteiger charge is -2.11. The summed E-state index contributed by atoms with van der Waals surface area (Å²) >= 11 is 6.33. The molecule has 4 nitrogen and oxygen atoms in total. The minimum absolute atomic E-state index is 0.00689. The SMILES string of the molecule is C=C(/N=C(\C=C/C)C(F)(F)F)c1c(C(=O)Nc2ccc(-c3ccccc3F)c(Cl)c2)c2ccc1o2. The summed E-state index contributed by atoms with van der Waals surface area (Å²) in [5.74, 6) is -1.10. The average molecular weight is 501 g/mol. The first-order valence-electron chi connectivity index (χ1n) is 10.3. The average Bonchev–Trinajstić information content (AvgIpc) is 3.41. The number of anilines is 1. The third-order valence-corrected chi connectivity index (χ3v) is 5.44. The molecule has 1 N–H and O–H groups in total. The number of alkyl halides is 3. The number of aliphatic imine (C=N–C) groups is 1. The molecule has 0 atom stereocenters. The van der Waals surface area contributed by atoms with Crippen LogP contribution in [0.2, 0.25) is 5.02 Å². The Morgan fingerprint density at radius 2 is 1.74 bits per heavy atom. The standard InChI is InChI=1S/C26H17ClF4N2O2/c1-3-6-22(26(29,30)31)32-14(2)23-20-11-12-21(35-20)24(23)25(34)33-15-9-10-16(18(27)13-15)17-7-4-5-8-19(17)28/h3-13H,2H2,1H3,(H,33,34)/b6-3-,32-22+. The summed E-state index contributed by atoms with van der Waals surface area (Å²) in [6, 6.07) is 13.7. The highest BCUT2D eigenvalue weighted by Gasteiger charge is 2.34. The van der Waals surface area contributed by atoms with Crippen molar-refractivity contribution in [2.75, 3.05) is 5.32 Å². The quantitative estimate of drug-likeness (QED) is 0.214. The van der Waals surface area contributed by atoms with Gasteiger partial charge in [-0.05, 0) is 43.3 Å². The van der Waals surface area contributed by atoms with Crippen LogP contribution < -0.4 is 5.32 Å². The van der Waals surface area contributed by atoms with Crippen LogP contribution in [-0.4, -0.2) is 17.8 Å². The molecule has 0 fully saturated rings. The van der Waals surface area contributed by atoms with E-state index in [0.29, 0.717) is 16.8 Å². The molecular formula is C26H17ClF4N2O2.